The minimum absolute atomic E-state index is 0.0140. The Balaban J connectivity index is 0.000000192. The minimum atomic E-state index is -3.39. The first kappa shape index (κ1) is 47.3. The maximum absolute atomic E-state index is 15.4. The van der Waals surface area contributed by atoms with Crippen molar-refractivity contribution in [2.24, 2.45) is 23.7 Å². The number of benzene rings is 6. The molecule has 2 fully saturated rings. The van der Waals surface area contributed by atoms with Crippen LogP contribution in [0.1, 0.15) is 143 Å². The largest absolute Gasteiger partial charge is 0.489 e. The molecule has 0 unspecified atom stereocenters. The van der Waals surface area contributed by atoms with Gasteiger partial charge in [0, 0.05) is 0 Å². The summed E-state index contributed by atoms with van der Waals surface area (Å²) in [5.41, 5.74) is 15.6. The second-order valence-corrected chi connectivity index (χ2v) is 20.5. The average molecular weight is 865 g/mol. The summed E-state index contributed by atoms with van der Waals surface area (Å²) < 4.78 is 42.4. The van der Waals surface area contributed by atoms with Crippen LogP contribution in [0.15, 0.2) is 72.8 Å². The summed E-state index contributed by atoms with van der Waals surface area (Å²) in [6.45, 7) is 26.2. The highest BCUT2D eigenvalue weighted by molar-refractivity contribution is 5.89. The van der Waals surface area contributed by atoms with E-state index in [0.29, 0.717) is 23.7 Å². The Hall–Kier alpha value is -4.70. The lowest BCUT2D eigenvalue weighted by Crippen LogP contribution is -2.25. The lowest BCUT2D eigenvalue weighted by Gasteiger charge is -2.27. The topological polar surface area (TPSA) is 18.5 Å². The minimum Gasteiger partial charge on any atom is -0.489 e. The molecule has 4 heteroatoms. The van der Waals surface area contributed by atoms with Crippen molar-refractivity contribution < 1.29 is 18.3 Å². The van der Waals surface area contributed by atoms with E-state index in [0.717, 1.165) is 51.8 Å². The summed E-state index contributed by atoms with van der Waals surface area (Å²) in [4.78, 5) is 0. The number of fused-ring (bicyclic) bond motifs is 2. The smallest absolute Gasteiger partial charge is 0.427 e. The molecule has 0 N–H and O–H groups in total. The van der Waals surface area contributed by atoms with E-state index in [2.05, 4.69) is 98.7 Å². The molecule has 6 aromatic carbocycles. The molecule has 2 saturated carbocycles. The maximum atomic E-state index is 15.4. The molecule has 0 bridgehead atoms. The Labute approximate surface area is 384 Å². The van der Waals surface area contributed by atoms with Crippen LogP contribution in [-0.2, 0) is 25.6 Å². The molecule has 2 nitrogen and oxygen atoms in total. The molecule has 340 valence electrons. The summed E-state index contributed by atoms with van der Waals surface area (Å²) >= 11 is 0. The van der Waals surface area contributed by atoms with Crippen molar-refractivity contribution >= 4 is 21.5 Å². The van der Waals surface area contributed by atoms with Crippen LogP contribution in [0.3, 0.4) is 0 Å². The molecule has 8 rings (SSSR count). The van der Waals surface area contributed by atoms with E-state index in [-0.39, 0.29) is 11.3 Å². The normalized spacial score (nSPS) is 19.1. The first-order valence-electron chi connectivity index (χ1n) is 24.3. The van der Waals surface area contributed by atoms with Gasteiger partial charge in [-0.2, -0.15) is 8.78 Å². The number of alkyl halides is 2. The monoisotopic (exact) mass is 865 g/mol. The highest BCUT2D eigenvalue weighted by Gasteiger charge is 2.38. The SMILES string of the molecule is Cc1cc2cc(OC(F)(F)c3c(C)cc(CC4CCC(C)CC4)cc3C)ccc2c(C)c1C.Cc1cc2cc(OCc3c(C)cc(CC4CCC(C)CC4)cc3C)ccc2c(C)c1C. The van der Waals surface area contributed by atoms with Crippen LogP contribution in [0.25, 0.3) is 21.5 Å². The predicted molar refractivity (Wildman–Crippen MR) is 267 cm³/mol. The molecule has 0 amide bonds. The van der Waals surface area contributed by atoms with Gasteiger partial charge in [-0.05, 0) is 250 Å². The van der Waals surface area contributed by atoms with Crippen LogP contribution < -0.4 is 9.47 Å². The van der Waals surface area contributed by atoms with Gasteiger partial charge in [-0.15, -0.1) is 0 Å². The lowest BCUT2D eigenvalue weighted by molar-refractivity contribution is -0.186. The highest BCUT2D eigenvalue weighted by Crippen LogP contribution is 2.39. The Kier molecular flexibility index (Phi) is 14.6. The second kappa shape index (κ2) is 19.8. The van der Waals surface area contributed by atoms with Crippen molar-refractivity contribution in [1.82, 2.24) is 0 Å². The molecule has 64 heavy (non-hydrogen) atoms. The van der Waals surface area contributed by atoms with Crippen molar-refractivity contribution in [3.63, 3.8) is 0 Å². The molecule has 0 radical (unpaired) electrons. The molecule has 0 spiro atoms. The number of ether oxygens (including phenoxy) is 2. The molecule has 0 heterocycles. The van der Waals surface area contributed by atoms with Gasteiger partial charge < -0.3 is 9.47 Å². The van der Waals surface area contributed by atoms with Gasteiger partial charge in [0.1, 0.15) is 18.1 Å². The molecule has 0 atom stereocenters. The third kappa shape index (κ3) is 10.9. The molecule has 0 aromatic heterocycles. The molecule has 2 aliphatic carbocycles. The zero-order chi connectivity index (χ0) is 46.0. The van der Waals surface area contributed by atoms with Crippen LogP contribution >= 0.6 is 0 Å². The van der Waals surface area contributed by atoms with E-state index in [1.54, 1.807) is 26.0 Å². The third-order valence-electron chi connectivity index (χ3n) is 15.5. The quantitative estimate of drug-likeness (QED) is 0.137. The van der Waals surface area contributed by atoms with Crippen LogP contribution in [-0.4, -0.2) is 0 Å². The van der Waals surface area contributed by atoms with Crippen molar-refractivity contribution in [2.75, 3.05) is 0 Å². The van der Waals surface area contributed by atoms with Crippen LogP contribution in [0.2, 0.25) is 0 Å². The number of aryl methyl sites for hydroxylation is 8. The van der Waals surface area contributed by atoms with Gasteiger partial charge in [-0.25, -0.2) is 0 Å². The fraction of sp³-hybridized carbons (Fsp3) is 0.467. The van der Waals surface area contributed by atoms with Gasteiger partial charge in [0.05, 0.1) is 5.56 Å². The van der Waals surface area contributed by atoms with E-state index in [1.165, 1.54) is 119 Å². The summed E-state index contributed by atoms with van der Waals surface area (Å²) in [7, 11) is 0. The molecule has 0 saturated heterocycles. The average Bonchev–Trinajstić information content (AvgIpc) is 3.23. The fourth-order valence-corrected chi connectivity index (χ4v) is 11.0. The first-order chi connectivity index (χ1) is 30.4. The van der Waals surface area contributed by atoms with E-state index < -0.39 is 6.11 Å². The Morgan fingerprint density at radius 3 is 1.33 bits per heavy atom. The van der Waals surface area contributed by atoms with Crippen molar-refractivity contribution in [2.45, 2.75) is 160 Å². The first-order valence-corrected chi connectivity index (χ1v) is 24.3. The molecule has 0 aliphatic heterocycles. The van der Waals surface area contributed by atoms with E-state index in [9.17, 15) is 0 Å². The van der Waals surface area contributed by atoms with E-state index in [4.69, 9.17) is 9.47 Å². The standard InChI is InChI=1S/C30H36F2O.C30H38O/c1-18-7-9-24(10-8-18)16-25-13-20(3)29(21(4)14-25)30(31,32)33-27-11-12-28-23(6)22(5)19(2)15-26(28)17-27;1-19-7-9-25(10-8-19)16-26-13-21(3)30(22(4)14-26)18-31-28-11-12-29-24(6)23(5)20(2)15-27(29)17-28/h11-15,17-18,24H,7-10,16H2,1-6H3;11-15,17,19,25H,7-10,16,18H2,1-6H3. The Morgan fingerprint density at radius 2 is 0.875 bits per heavy atom. The zero-order valence-electron chi connectivity index (χ0n) is 41.1. The third-order valence-corrected chi connectivity index (χ3v) is 15.5. The molecule has 2 aliphatic rings. The van der Waals surface area contributed by atoms with E-state index >= 15 is 8.78 Å². The zero-order valence-corrected chi connectivity index (χ0v) is 41.1. The van der Waals surface area contributed by atoms with E-state index in [1.807, 2.05) is 31.2 Å². The van der Waals surface area contributed by atoms with Crippen molar-refractivity contribution in [3.05, 3.63) is 151 Å². The summed E-state index contributed by atoms with van der Waals surface area (Å²) in [5, 5.41) is 4.59. The lowest BCUT2D eigenvalue weighted by atomic mass is 9.79. The molecular weight excluding hydrogens is 791 g/mol. The van der Waals surface area contributed by atoms with Crippen molar-refractivity contribution in [1.29, 1.82) is 0 Å². The van der Waals surface area contributed by atoms with Crippen LogP contribution in [0.5, 0.6) is 11.5 Å². The van der Waals surface area contributed by atoms with Gasteiger partial charge in [0.15, 0.2) is 0 Å². The maximum Gasteiger partial charge on any atom is 0.427 e. The van der Waals surface area contributed by atoms with Crippen molar-refractivity contribution in [3.8, 4) is 11.5 Å². The molecule has 6 aromatic rings. The highest BCUT2D eigenvalue weighted by atomic mass is 19.3. The van der Waals surface area contributed by atoms with Gasteiger partial charge in [0.25, 0.3) is 0 Å². The van der Waals surface area contributed by atoms with Gasteiger partial charge in [-0.1, -0.05) is 88.1 Å². The fourth-order valence-electron chi connectivity index (χ4n) is 11.0. The van der Waals surface area contributed by atoms with Gasteiger partial charge in [-0.3, -0.25) is 0 Å². The summed E-state index contributed by atoms with van der Waals surface area (Å²) in [5.74, 6) is 4.41. The van der Waals surface area contributed by atoms with Gasteiger partial charge in [0.2, 0.25) is 0 Å². The summed E-state index contributed by atoms with van der Waals surface area (Å²) in [6.07, 6.45) is 9.43. The molecular formula is C60H74F2O2. The second-order valence-electron chi connectivity index (χ2n) is 20.5. The van der Waals surface area contributed by atoms with Crippen LogP contribution in [0.4, 0.5) is 8.78 Å². The number of hydrogen-bond acceptors (Lipinski definition) is 2. The number of halogens is 2. The number of hydrogen-bond donors (Lipinski definition) is 0. The van der Waals surface area contributed by atoms with Crippen LogP contribution in [0, 0.1) is 92.9 Å². The van der Waals surface area contributed by atoms with Gasteiger partial charge >= 0.3 is 6.11 Å². The number of rotatable bonds is 10. The Bertz CT molecular complexity index is 2570. The summed E-state index contributed by atoms with van der Waals surface area (Å²) in [6, 6.07) is 24.8. The Morgan fingerprint density at radius 1 is 0.469 bits per heavy atom. The predicted octanol–water partition coefficient (Wildman–Crippen LogP) is 17.2.